The molecule has 0 aliphatic heterocycles. The Balaban J connectivity index is 1.56. The van der Waals surface area contributed by atoms with Crippen LogP contribution in [-0.2, 0) is 17.8 Å². The molecule has 0 saturated heterocycles. The Morgan fingerprint density at radius 3 is 2.58 bits per heavy atom. The van der Waals surface area contributed by atoms with E-state index >= 15 is 0 Å². The van der Waals surface area contributed by atoms with Crippen molar-refractivity contribution in [3.05, 3.63) is 77.1 Å². The third-order valence-corrected chi connectivity index (χ3v) is 4.50. The zero-order valence-electron chi connectivity index (χ0n) is 14.3. The largest absolute Gasteiger partial charge is 0.340 e. The van der Waals surface area contributed by atoms with E-state index in [-0.39, 0.29) is 18.2 Å². The van der Waals surface area contributed by atoms with Crippen molar-refractivity contribution in [1.29, 1.82) is 0 Å². The molecule has 0 radical (unpaired) electrons. The van der Waals surface area contributed by atoms with Gasteiger partial charge in [-0.3, -0.25) is 19.9 Å². The van der Waals surface area contributed by atoms with Gasteiger partial charge in [0, 0.05) is 24.2 Å². The minimum Gasteiger partial charge on any atom is -0.340 e. The second kappa shape index (κ2) is 8.35. The number of carbonyl (C=O) groups excluding carboxylic acids is 2. The highest BCUT2D eigenvalue weighted by atomic mass is 32.1. The quantitative estimate of drug-likeness (QED) is 0.728. The summed E-state index contributed by atoms with van der Waals surface area (Å²) < 4.78 is 0. The molecule has 0 fully saturated rings. The van der Waals surface area contributed by atoms with E-state index < -0.39 is 0 Å². The minimum atomic E-state index is -0.218. The zero-order chi connectivity index (χ0) is 18.4. The molecule has 132 valence electrons. The third kappa shape index (κ3) is 4.73. The molecule has 3 aromatic rings. The number of thiazole rings is 1. The first-order chi connectivity index (χ1) is 12.6. The van der Waals surface area contributed by atoms with E-state index in [1.54, 1.807) is 47.8 Å². The Labute approximate surface area is 155 Å². The smallest absolute Gasteiger partial charge is 0.257 e. The van der Waals surface area contributed by atoms with Gasteiger partial charge in [-0.2, -0.15) is 0 Å². The van der Waals surface area contributed by atoms with Gasteiger partial charge in [0.15, 0.2) is 5.13 Å². The van der Waals surface area contributed by atoms with E-state index in [1.807, 2.05) is 24.3 Å². The molecule has 2 amide bonds. The molecule has 6 nitrogen and oxygen atoms in total. The number of nitrogens with one attached hydrogen (secondary N) is 1. The first kappa shape index (κ1) is 17.8. The summed E-state index contributed by atoms with van der Waals surface area (Å²) in [6.45, 7) is 0.446. The van der Waals surface area contributed by atoms with Gasteiger partial charge < -0.3 is 4.90 Å². The molecule has 26 heavy (non-hydrogen) atoms. The minimum absolute atomic E-state index is 0.0538. The fraction of sp³-hybridized carbons (Fsp3) is 0.158. The molecule has 0 bridgehead atoms. The second-order valence-corrected chi connectivity index (χ2v) is 6.57. The first-order valence-corrected chi connectivity index (χ1v) is 8.94. The van der Waals surface area contributed by atoms with Crippen LogP contribution in [0.3, 0.4) is 0 Å². The van der Waals surface area contributed by atoms with Crippen LogP contribution in [0.1, 0.15) is 21.7 Å². The van der Waals surface area contributed by atoms with E-state index in [0.717, 1.165) is 5.69 Å². The lowest BCUT2D eigenvalue weighted by Crippen LogP contribution is -2.28. The molecule has 0 unspecified atom stereocenters. The molecule has 0 spiro atoms. The van der Waals surface area contributed by atoms with E-state index in [9.17, 15) is 9.59 Å². The number of hydrogen-bond donors (Lipinski definition) is 1. The Kier molecular flexibility index (Phi) is 5.70. The molecule has 0 aliphatic rings. The molecule has 1 N–H and O–H groups in total. The second-order valence-electron chi connectivity index (χ2n) is 5.71. The average molecular weight is 366 g/mol. The number of aromatic nitrogens is 2. The van der Waals surface area contributed by atoms with Crippen molar-refractivity contribution < 1.29 is 9.59 Å². The molecule has 2 heterocycles. The lowest BCUT2D eigenvalue weighted by Gasteiger charge is -2.15. The van der Waals surface area contributed by atoms with Crippen molar-refractivity contribution in [2.24, 2.45) is 0 Å². The molecule has 3 rings (SSSR count). The molecule has 2 aromatic heterocycles. The van der Waals surface area contributed by atoms with Crippen LogP contribution < -0.4 is 5.32 Å². The van der Waals surface area contributed by atoms with E-state index in [4.69, 9.17) is 0 Å². The normalized spacial score (nSPS) is 10.3. The zero-order valence-corrected chi connectivity index (χ0v) is 15.1. The molecule has 0 atom stereocenters. The average Bonchev–Trinajstić information content (AvgIpc) is 3.10. The van der Waals surface area contributed by atoms with Crippen LogP contribution in [0, 0.1) is 0 Å². The van der Waals surface area contributed by atoms with Crippen molar-refractivity contribution >= 4 is 28.3 Å². The first-order valence-electron chi connectivity index (χ1n) is 8.06. The van der Waals surface area contributed by atoms with E-state index in [1.165, 1.54) is 11.3 Å². The summed E-state index contributed by atoms with van der Waals surface area (Å²) in [5, 5.41) is 5.02. The molecule has 0 aliphatic carbocycles. The number of anilines is 1. The number of likely N-dealkylation sites (N-methyl/N-ethyl adjacent to an activating group) is 1. The molecular weight excluding hydrogens is 348 g/mol. The van der Waals surface area contributed by atoms with Crippen LogP contribution in [0.15, 0.2) is 60.1 Å². The highest BCUT2D eigenvalue weighted by molar-refractivity contribution is 7.14. The highest BCUT2D eigenvalue weighted by Crippen LogP contribution is 2.17. The number of amides is 2. The lowest BCUT2D eigenvalue weighted by atomic mass is 10.2. The monoisotopic (exact) mass is 366 g/mol. The van der Waals surface area contributed by atoms with Gasteiger partial charge in [-0.05, 0) is 24.3 Å². The molecule has 1 aromatic carbocycles. The Morgan fingerprint density at radius 2 is 1.85 bits per heavy atom. The molecular formula is C19H18N4O2S. The number of hydrogen-bond acceptors (Lipinski definition) is 5. The van der Waals surface area contributed by atoms with Crippen molar-refractivity contribution in [3.8, 4) is 0 Å². The van der Waals surface area contributed by atoms with Crippen LogP contribution in [0.5, 0.6) is 0 Å². The van der Waals surface area contributed by atoms with Gasteiger partial charge in [0.05, 0.1) is 24.4 Å². The summed E-state index contributed by atoms with van der Waals surface area (Å²) in [7, 11) is 1.74. The topological polar surface area (TPSA) is 75.2 Å². The van der Waals surface area contributed by atoms with Gasteiger partial charge in [0.25, 0.3) is 5.91 Å². The summed E-state index contributed by atoms with van der Waals surface area (Å²) in [5.41, 5.74) is 2.03. The maximum atomic E-state index is 12.3. The number of carbonyl (C=O) groups is 2. The summed E-state index contributed by atoms with van der Waals surface area (Å²) in [4.78, 5) is 34.6. The van der Waals surface area contributed by atoms with E-state index in [0.29, 0.717) is 22.9 Å². The summed E-state index contributed by atoms with van der Waals surface area (Å²) in [5.74, 6) is -0.271. The molecule has 7 heteroatoms. The highest BCUT2D eigenvalue weighted by Gasteiger charge is 2.14. The number of pyridine rings is 1. The predicted molar refractivity (Wildman–Crippen MR) is 101 cm³/mol. The van der Waals surface area contributed by atoms with Crippen molar-refractivity contribution in [3.63, 3.8) is 0 Å². The Morgan fingerprint density at radius 1 is 1.08 bits per heavy atom. The maximum Gasteiger partial charge on any atom is 0.257 e. The predicted octanol–water partition coefficient (Wildman–Crippen LogP) is 2.99. The third-order valence-electron chi connectivity index (χ3n) is 3.69. The molecule has 0 saturated carbocycles. The van der Waals surface area contributed by atoms with Crippen LogP contribution in [-0.4, -0.2) is 33.7 Å². The van der Waals surface area contributed by atoms with Gasteiger partial charge in [0.2, 0.25) is 5.91 Å². The standard InChI is InChI=1S/C19H18N4O2S/c1-23(12-15-9-5-6-10-20-15)17(24)11-16-13-26-19(21-16)22-18(25)14-7-3-2-4-8-14/h2-10,13H,11-12H2,1H3,(H,21,22,25). The van der Waals surface area contributed by atoms with Gasteiger partial charge >= 0.3 is 0 Å². The van der Waals surface area contributed by atoms with Crippen molar-refractivity contribution in [2.45, 2.75) is 13.0 Å². The summed E-state index contributed by atoms with van der Waals surface area (Å²) >= 11 is 1.30. The lowest BCUT2D eigenvalue weighted by molar-refractivity contribution is -0.129. The van der Waals surface area contributed by atoms with Gasteiger partial charge in [0.1, 0.15) is 0 Å². The van der Waals surface area contributed by atoms with Crippen molar-refractivity contribution in [1.82, 2.24) is 14.9 Å². The summed E-state index contributed by atoms with van der Waals surface area (Å²) in [6.07, 6.45) is 1.89. The number of nitrogens with zero attached hydrogens (tertiary/aromatic N) is 3. The van der Waals surface area contributed by atoms with Gasteiger partial charge in [-0.25, -0.2) is 4.98 Å². The van der Waals surface area contributed by atoms with Crippen LogP contribution in [0.2, 0.25) is 0 Å². The van der Waals surface area contributed by atoms with E-state index in [2.05, 4.69) is 15.3 Å². The number of rotatable bonds is 6. The SMILES string of the molecule is CN(Cc1ccccn1)C(=O)Cc1csc(NC(=O)c2ccccc2)n1. The summed E-state index contributed by atoms with van der Waals surface area (Å²) in [6, 6.07) is 14.5. The van der Waals surface area contributed by atoms with Crippen LogP contribution in [0.25, 0.3) is 0 Å². The van der Waals surface area contributed by atoms with Gasteiger partial charge in [-0.15, -0.1) is 11.3 Å². The van der Waals surface area contributed by atoms with Crippen LogP contribution in [0.4, 0.5) is 5.13 Å². The Bertz CT molecular complexity index is 881. The van der Waals surface area contributed by atoms with Crippen molar-refractivity contribution in [2.75, 3.05) is 12.4 Å². The Hall–Kier alpha value is -3.06. The fourth-order valence-electron chi connectivity index (χ4n) is 2.32. The van der Waals surface area contributed by atoms with Crippen LogP contribution >= 0.6 is 11.3 Å². The maximum absolute atomic E-state index is 12.3. The fourth-order valence-corrected chi connectivity index (χ4v) is 3.02. The van der Waals surface area contributed by atoms with Gasteiger partial charge in [-0.1, -0.05) is 24.3 Å². The number of benzene rings is 1.